The Balaban J connectivity index is 2.54. The van der Waals surface area contributed by atoms with Crippen LogP contribution in [0.5, 0.6) is 0 Å². The lowest BCUT2D eigenvalue weighted by molar-refractivity contribution is 0.318. The van der Waals surface area contributed by atoms with Crippen molar-refractivity contribution in [3.8, 4) is 5.69 Å². The highest BCUT2D eigenvalue weighted by atomic mass is 35.5. The fourth-order valence-corrected chi connectivity index (χ4v) is 2.58. The van der Waals surface area contributed by atoms with Gasteiger partial charge in [0, 0.05) is 11.3 Å². The molecule has 0 aliphatic carbocycles. The van der Waals surface area contributed by atoms with Gasteiger partial charge in [-0.05, 0) is 44.0 Å². The Morgan fingerprint density at radius 1 is 1.45 bits per heavy atom. The number of aryl methyl sites for hydroxylation is 1. The van der Waals surface area contributed by atoms with E-state index >= 15 is 0 Å². The second-order valence-corrected chi connectivity index (χ2v) is 4.97. The van der Waals surface area contributed by atoms with Crippen LogP contribution in [0.4, 0.5) is 0 Å². The van der Waals surface area contributed by atoms with Gasteiger partial charge in [0.05, 0.1) is 16.4 Å². The lowest BCUT2D eigenvalue weighted by Crippen LogP contribution is -2.13. The summed E-state index contributed by atoms with van der Waals surface area (Å²) in [5.74, 6) is 0.0288. The lowest BCUT2D eigenvalue weighted by Gasteiger charge is -2.09. The van der Waals surface area contributed by atoms with E-state index in [1.54, 1.807) is 12.1 Å². The molecular formula is C14H17ClN4O. The van der Waals surface area contributed by atoms with E-state index in [4.69, 9.17) is 22.5 Å². The van der Waals surface area contributed by atoms with Gasteiger partial charge in [0.25, 0.3) is 0 Å². The molecular weight excluding hydrogens is 276 g/mol. The molecule has 0 amide bonds. The SMILES string of the molecule is CCc1c(C)nn(-c2ccc(C(N)=NO)cc2Cl)c1C. The summed E-state index contributed by atoms with van der Waals surface area (Å²) in [6, 6.07) is 5.22. The summed E-state index contributed by atoms with van der Waals surface area (Å²) in [7, 11) is 0. The van der Waals surface area contributed by atoms with Crippen LogP contribution < -0.4 is 5.73 Å². The Morgan fingerprint density at radius 3 is 2.65 bits per heavy atom. The smallest absolute Gasteiger partial charge is 0.170 e. The average molecular weight is 293 g/mol. The minimum absolute atomic E-state index is 0.0288. The summed E-state index contributed by atoms with van der Waals surface area (Å²) in [6.45, 7) is 6.11. The van der Waals surface area contributed by atoms with Gasteiger partial charge in [-0.2, -0.15) is 5.10 Å². The summed E-state index contributed by atoms with van der Waals surface area (Å²) >= 11 is 6.29. The van der Waals surface area contributed by atoms with Crippen LogP contribution in [-0.4, -0.2) is 20.8 Å². The molecule has 5 nitrogen and oxygen atoms in total. The van der Waals surface area contributed by atoms with E-state index in [-0.39, 0.29) is 5.84 Å². The summed E-state index contributed by atoms with van der Waals surface area (Å²) in [5, 5.41) is 16.7. The van der Waals surface area contributed by atoms with E-state index in [1.807, 2.05) is 24.6 Å². The van der Waals surface area contributed by atoms with Crippen molar-refractivity contribution in [3.63, 3.8) is 0 Å². The van der Waals surface area contributed by atoms with E-state index in [0.29, 0.717) is 10.6 Å². The second-order valence-electron chi connectivity index (χ2n) is 4.57. The standard InChI is InChI=1S/C14H17ClN4O/c1-4-11-8(2)17-19(9(11)3)13-6-5-10(7-12(13)15)14(16)18-20/h5-7,20H,4H2,1-3H3,(H2,16,18). The van der Waals surface area contributed by atoms with Gasteiger partial charge >= 0.3 is 0 Å². The highest BCUT2D eigenvalue weighted by molar-refractivity contribution is 6.32. The minimum Gasteiger partial charge on any atom is -0.409 e. The van der Waals surface area contributed by atoms with Crippen molar-refractivity contribution in [1.29, 1.82) is 0 Å². The normalized spacial score (nSPS) is 11.9. The number of rotatable bonds is 3. The molecule has 3 N–H and O–H groups in total. The molecule has 0 saturated heterocycles. The Bertz CT molecular complexity index is 676. The van der Waals surface area contributed by atoms with Crippen LogP contribution >= 0.6 is 11.6 Å². The summed E-state index contributed by atoms with van der Waals surface area (Å²) < 4.78 is 1.83. The fourth-order valence-electron chi connectivity index (χ4n) is 2.32. The fraction of sp³-hybridized carbons (Fsp3) is 0.286. The predicted octanol–water partition coefficient (Wildman–Crippen LogP) is 2.80. The molecule has 0 radical (unpaired) electrons. The Hall–Kier alpha value is -2.01. The van der Waals surface area contributed by atoms with E-state index < -0.39 is 0 Å². The molecule has 106 valence electrons. The maximum atomic E-state index is 8.68. The van der Waals surface area contributed by atoms with Crippen molar-refractivity contribution in [1.82, 2.24) is 9.78 Å². The van der Waals surface area contributed by atoms with Crippen LogP contribution in [0.2, 0.25) is 5.02 Å². The number of amidine groups is 1. The predicted molar refractivity (Wildman–Crippen MR) is 79.9 cm³/mol. The van der Waals surface area contributed by atoms with Crippen LogP contribution in [0.25, 0.3) is 5.69 Å². The minimum atomic E-state index is 0.0288. The summed E-state index contributed by atoms with van der Waals surface area (Å²) in [4.78, 5) is 0. The number of aromatic nitrogens is 2. The van der Waals surface area contributed by atoms with Gasteiger partial charge in [-0.3, -0.25) is 0 Å². The Morgan fingerprint density at radius 2 is 2.15 bits per heavy atom. The Labute approximate surface area is 122 Å². The number of oxime groups is 1. The van der Waals surface area contributed by atoms with Crippen molar-refractivity contribution < 1.29 is 5.21 Å². The number of hydrogen-bond donors (Lipinski definition) is 2. The zero-order valence-corrected chi connectivity index (χ0v) is 12.4. The molecule has 20 heavy (non-hydrogen) atoms. The summed E-state index contributed by atoms with van der Waals surface area (Å²) in [5.41, 5.74) is 10.2. The number of benzene rings is 1. The quantitative estimate of drug-likeness (QED) is 0.395. The first-order valence-electron chi connectivity index (χ1n) is 6.32. The number of nitrogens with zero attached hydrogens (tertiary/aromatic N) is 3. The third kappa shape index (κ3) is 2.36. The van der Waals surface area contributed by atoms with E-state index in [0.717, 1.165) is 23.5 Å². The van der Waals surface area contributed by atoms with Gasteiger partial charge in [0.15, 0.2) is 5.84 Å². The molecule has 1 aromatic heterocycles. The van der Waals surface area contributed by atoms with Crippen molar-refractivity contribution in [2.75, 3.05) is 0 Å². The summed E-state index contributed by atoms with van der Waals surface area (Å²) in [6.07, 6.45) is 0.928. The molecule has 0 aliphatic heterocycles. The van der Waals surface area contributed by atoms with Crippen molar-refractivity contribution >= 4 is 17.4 Å². The molecule has 6 heteroatoms. The van der Waals surface area contributed by atoms with Crippen LogP contribution in [-0.2, 0) is 6.42 Å². The highest BCUT2D eigenvalue weighted by Crippen LogP contribution is 2.25. The number of hydrogen-bond acceptors (Lipinski definition) is 3. The molecule has 2 rings (SSSR count). The first-order chi connectivity index (χ1) is 9.49. The molecule has 0 fully saturated rings. The third-order valence-electron chi connectivity index (χ3n) is 3.37. The average Bonchev–Trinajstić information content (AvgIpc) is 2.72. The topological polar surface area (TPSA) is 76.4 Å². The van der Waals surface area contributed by atoms with Gasteiger partial charge in [-0.15, -0.1) is 0 Å². The Kier molecular flexibility index (Phi) is 3.99. The van der Waals surface area contributed by atoms with E-state index in [9.17, 15) is 0 Å². The molecule has 0 aliphatic rings. The van der Waals surface area contributed by atoms with Gasteiger partial charge in [0.2, 0.25) is 0 Å². The van der Waals surface area contributed by atoms with Crippen LogP contribution in [0.1, 0.15) is 29.4 Å². The maximum Gasteiger partial charge on any atom is 0.170 e. The van der Waals surface area contributed by atoms with Crippen molar-refractivity contribution in [2.45, 2.75) is 27.2 Å². The lowest BCUT2D eigenvalue weighted by atomic mass is 10.1. The van der Waals surface area contributed by atoms with Gasteiger partial charge in [0.1, 0.15) is 0 Å². The van der Waals surface area contributed by atoms with Crippen LogP contribution in [0.15, 0.2) is 23.4 Å². The molecule has 0 spiro atoms. The second kappa shape index (κ2) is 5.54. The third-order valence-corrected chi connectivity index (χ3v) is 3.68. The van der Waals surface area contributed by atoms with E-state index in [2.05, 4.69) is 17.2 Å². The highest BCUT2D eigenvalue weighted by Gasteiger charge is 2.14. The first kappa shape index (κ1) is 14.4. The monoisotopic (exact) mass is 292 g/mol. The van der Waals surface area contributed by atoms with Crippen LogP contribution in [0.3, 0.4) is 0 Å². The number of nitrogens with two attached hydrogens (primary N) is 1. The first-order valence-corrected chi connectivity index (χ1v) is 6.70. The molecule has 1 heterocycles. The van der Waals surface area contributed by atoms with E-state index in [1.165, 1.54) is 5.56 Å². The van der Waals surface area contributed by atoms with Gasteiger partial charge in [-0.1, -0.05) is 23.7 Å². The zero-order chi connectivity index (χ0) is 14.9. The maximum absolute atomic E-state index is 8.68. The largest absolute Gasteiger partial charge is 0.409 e. The van der Waals surface area contributed by atoms with Gasteiger partial charge in [-0.25, -0.2) is 4.68 Å². The van der Waals surface area contributed by atoms with Crippen molar-refractivity contribution in [2.24, 2.45) is 10.9 Å². The molecule has 1 aromatic carbocycles. The molecule has 0 bridgehead atoms. The van der Waals surface area contributed by atoms with Gasteiger partial charge < -0.3 is 10.9 Å². The zero-order valence-electron chi connectivity index (χ0n) is 11.7. The van der Waals surface area contributed by atoms with Crippen molar-refractivity contribution in [3.05, 3.63) is 45.7 Å². The van der Waals surface area contributed by atoms with Crippen LogP contribution in [0, 0.1) is 13.8 Å². The molecule has 0 atom stereocenters. The molecule has 0 unspecified atom stereocenters. The molecule has 2 aromatic rings. The molecule has 0 saturated carbocycles. The number of halogens is 1.